The lowest BCUT2D eigenvalue weighted by Gasteiger charge is -2.09. The summed E-state index contributed by atoms with van der Waals surface area (Å²) in [5, 5.41) is 5.62. The molecule has 2 amide bonds. The summed E-state index contributed by atoms with van der Waals surface area (Å²) in [6, 6.07) is 3.72. The SMILES string of the molecule is CCOc1ncccc1CNC(=O)CCCCCNC(C)=O. The van der Waals surface area contributed by atoms with Gasteiger partial charge in [0.15, 0.2) is 0 Å². The quantitative estimate of drug-likeness (QED) is 0.646. The summed E-state index contributed by atoms with van der Waals surface area (Å²) >= 11 is 0. The van der Waals surface area contributed by atoms with Crippen molar-refractivity contribution in [2.45, 2.75) is 46.1 Å². The van der Waals surface area contributed by atoms with E-state index >= 15 is 0 Å². The molecule has 0 radical (unpaired) electrons. The van der Waals surface area contributed by atoms with E-state index in [-0.39, 0.29) is 11.8 Å². The molecular weight excluding hydrogens is 282 g/mol. The Kier molecular flexibility index (Phi) is 8.64. The van der Waals surface area contributed by atoms with Crippen LogP contribution in [0.3, 0.4) is 0 Å². The fraction of sp³-hybridized carbons (Fsp3) is 0.562. The molecule has 0 aliphatic carbocycles. The van der Waals surface area contributed by atoms with E-state index in [1.165, 1.54) is 6.92 Å². The van der Waals surface area contributed by atoms with Crippen molar-refractivity contribution in [3.8, 4) is 5.88 Å². The van der Waals surface area contributed by atoms with Crippen LogP contribution in [-0.4, -0.2) is 29.9 Å². The second-order valence-corrected chi connectivity index (χ2v) is 4.97. The number of carbonyl (C=O) groups excluding carboxylic acids is 2. The first-order chi connectivity index (χ1) is 10.6. The normalized spacial score (nSPS) is 10.1. The Hall–Kier alpha value is -2.11. The lowest BCUT2D eigenvalue weighted by Crippen LogP contribution is -2.23. The molecule has 0 bridgehead atoms. The summed E-state index contributed by atoms with van der Waals surface area (Å²) in [6.07, 6.45) is 4.79. The first kappa shape index (κ1) is 17.9. The summed E-state index contributed by atoms with van der Waals surface area (Å²) < 4.78 is 5.42. The number of ether oxygens (including phenoxy) is 1. The summed E-state index contributed by atoms with van der Waals surface area (Å²) in [5.41, 5.74) is 0.878. The summed E-state index contributed by atoms with van der Waals surface area (Å²) in [6.45, 7) is 5.05. The van der Waals surface area contributed by atoms with Crippen LogP contribution in [0.15, 0.2) is 18.3 Å². The van der Waals surface area contributed by atoms with E-state index in [1.807, 2.05) is 19.1 Å². The molecule has 6 nitrogen and oxygen atoms in total. The van der Waals surface area contributed by atoms with Crippen molar-refractivity contribution in [1.82, 2.24) is 15.6 Å². The molecule has 0 saturated heterocycles. The number of aromatic nitrogens is 1. The van der Waals surface area contributed by atoms with Crippen LogP contribution >= 0.6 is 0 Å². The fourth-order valence-electron chi connectivity index (χ4n) is 1.96. The first-order valence-electron chi connectivity index (χ1n) is 7.71. The molecule has 1 heterocycles. The van der Waals surface area contributed by atoms with Gasteiger partial charge in [0.25, 0.3) is 0 Å². The van der Waals surface area contributed by atoms with Crippen molar-refractivity contribution in [3.05, 3.63) is 23.9 Å². The zero-order valence-electron chi connectivity index (χ0n) is 13.4. The van der Waals surface area contributed by atoms with Gasteiger partial charge in [-0.2, -0.15) is 0 Å². The Morgan fingerprint density at radius 1 is 1.23 bits per heavy atom. The van der Waals surface area contributed by atoms with Gasteiger partial charge < -0.3 is 15.4 Å². The molecule has 22 heavy (non-hydrogen) atoms. The van der Waals surface area contributed by atoms with Crippen molar-refractivity contribution in [3.63, 3.8) is 0 Å². The van der Waals surface area contributed by atoms with Crippen molar-refractivity contribution in [1.29, 1.82) is 0 Å². The Balaban J connectivity index is 2.19. The van der Waals surface area contributed by atoms with E-state index in [0.29, 0.717) is 32.0 Å². The van der Waals surface area contributed by atoms with E-state index < -0.39 is 0 Å². The second kappa shape index (κ2) is 10.6. The molecular formula is C16H25N3O3. The number of nitrogens with zero attached hydrogens (tertiary/aromatic N) is 1. The Morgan fingerprint density at radius 3 is 2.77 bits per heavy atom. The Morgan fingerprint density at radius 2 is 2.05 bits per heavy atom. The number of hydrogen-bond acceptors (Lipinski definition) is 4. The molecule has 1 rings (SSSR count). The number of unbranched alkanes of at least 4 members (excludes halogenated alkanes) is 2. The van der Waals surface area contributed by atoms with Gasteiger partial charge in [-0.3, -0.25) is 9.59 Å². The maximum atomic E-state index is 11.8. The van der Waals surface area contributed by atoms with Crippen LogP contribution in [0.25, 0.3) is 0 Å². The lowest BCUT2D eigenvalue weighted by molar-refractivity contribution is -0.121. The molecule has 0 fully saturated rings. The highest BCUT2D eigenvalue weighted by Crippen LogP contribution is 2.13. The molecule has 2 N–H and O–H groups in total. The molecule has 0 aliphatic heterocycles. The van der Waals surface area contributed by atoms with Gasteiger partial charge in [0.05, 0.1) is 6.61 Å². The van der Waals surface area contributed by atoms with Crippen LogP contribution in [0.2, 0.25) is 0 Å². The minimum Gasteiger partial charge on any atom is -0.478 e. The highest BCUT2D eigenvalue weighted by atomic mass is 16.5. The van der Waals surface area contributed by atoms with Crippen molar-refractivity contribution < 1.29 is 14.3 Å². The van der Waals surface area contributed by atoms with E-state index in [4.69, 9.17) is 4.74 Å². The number of pyridine rings is 1. The van der Waals surface area contributed by atoms with Crippen molar-refractivity contribution >= 4 is 11.8 Å². The number of amides is 2. The monoisotopic (exact) mass is 307 g/mol. The molecule has 1 aromatic rings. The summed E-state index contributed by atoms with van der Waals surface area (Å²) in [5.74, 6) is 0.575. The molecule has 6 heteroatoms. The van der Waals surface area contributed by atoms with Crippen LogP contribution in [0.5, 0.6) is 5.88 Å². The third-order valence-corrected chi connectivity index (χ3v) is 3.06. The number of rotatable bonds is 10. The average molecular weight is 307 g/mol. The number of nitrogens with one attached hydrogen (secondary N) is 2. The topological polar surface area (TPSA) is 80.3 Å². The molecule has 0 aliphatic rings. The van der Waals surface area contributed by atoms with E-state index in [0.717, 1.165) is 24.8 Å². The minimum absolute atomic E-state index is 0.0145. The largest absolute Gasteiger partial charge is 0.478 e. The fourth-order valence-corrected chi connectivity index (χ4v) is 1.96. The number of hydrogen-bond donors (Lipinski definition) is 2. The molecule has 0 unspecified atom stereocenters. The predicted molar refractivity (Wildman–Crippen MR) is 84.4 cm³/mol. The third kappa shape index (κ3) is 7.61. The molecule has 0 saturated carbocycles. The average Bonchev–Trinajstić information content (AvgIpc) is 2.50. The van der Waals surface area contributed by atoms with Crippen LogP contribution in [0.4, 0.5) is 0 Å². The summed E-state index contributed by atoms with van der Waals surface area (Å²) in [4.78, 5) is 26.6. The third-order valence-electron chi connectivity index (χ3n) is 3.06. The molecule has 0 aromatic carbocycles. The van der Waals surface area contributed by atoms with Gasteiger partial charge >= 0.3 is 0 Å². The second-order valence-electron chi connectivity index (χ2n) is 4.97. The first-order valence-corrected chi connectivity index (χ1v) is 7.71. The van der Waals surface area contributed by atoms with Gasteiger partial charge in [0.1, 0.15) is 0 Å². The van der Waals surface area contributed by atoms with Crippen LogP contribution in [0.1, 0.15) is 45.1 Å². The van der Waals surface area contributed by atoms with Gasteiger partial charge in [0.2, 0.25) is 17.7 Å². The minimum atomic E-state index is -0.0145. The van der Waals surface area contributed by atoms with Crippen LogP contribution < -0.4 is 15.4 Å². The Bertz CT molecular complexity index is 477. The van der Waals surface area contributed by atoms with Gasteiger partial charge in [-0.05, 0) is 25.8 Å². The molecule has 0 spiro atoms. The predicted octanol–water partition coefficient (Wildman–Crippen LogP) is 1.79. The van der Waals surface area contributed by atoms with Crippen molar-refractivity contribution in [2.75, 3.05) is 13.2 Å². The zero-order chi connectivity index (χ0) is 16.2. The van der Waals surface area contributed by atoms with Crippen molar-refractivity contribution in [2.24, 2.45) is 0 Å². The van der Waals surface area contributed by atoms with E-state index in [9.17, 15) is 9.59 Å². The maximum absolute atomic E-state index is 11.8. The van der Waals surface area contributed by atoms with Crippen LogP contribution in [-0.2, 0) is 16.1 Å². The lowest BCUT2D eigenvalue weighted by atomic mass is 10.2. The Labute approximate surface area is 131 Å². The molecule has 1 aromatic heterocycles. The van der Waals surface area contributed by atoms with E-state index in [1.54, 1.807) is 6.20 Å². The van der Waals surface area contributed by atoms with Crippen LogP contribution in [0, 0.1) is 0 Å². The van der Waals surface area contributed by atoms with Gasteiger partial charge in [-0.1, -0.05) is 12.5 Å². The van der Waals surface area contributed by atoms with Gasteiger partial charge in [-0.15, -0.1) is 0 Å². The summed E-state index contributed by atoms with van der Waals surface area (Å²) in [7, 11) is 0. The van der Waals surface area contributed by atoms with E-state index in [2.05, 4.69) is 15.6 Å². The number of carbonyl (C=O) groups is 2. The highest BCUT2D eigenvalue weighted by Gasteiger charge is 2.06. The van der Waals surface area contributed by atoms with Gasteiger partial charge in [-0.25, -0.2) is 4.98 Å². The standard InChI is InChI=1S/C16H25N3O3/c1-3-22-16-14(8-7-11-18-16)12-19-15(21)9-5-4-6-10-17-13(2)20/h7-8,11H,3-6,9-10,12H2,1-2H3,(H,17,20)(H,19,21). The smallest absolute Gasteiger partial charge is 0.220 e. The highest BCUT2D eigenvalue weighted by molar-refractivity contribution is 5.75. The molecule has 122 valence electrons. The molecule has 0 atom stereocenters. The van der Waals surface area contributed by atoms with Gasteiger partial charge in [0, 0.05) is 38.2 Å². The maximum Gasteiger partial charge on any atom is 0.220 e. The zero-order valence-corrected chi connectivity index (χ0v) is 13.4.